The van der Waals surface area contributed by atoms with Crippen LogP contribution in [-0.2, 0) is 23.9 Å². The molecule has 258 valence electrons. The maximum atomic E-state index is 14.2. The number of aliphatic carboxylic acids is 1. The van der Waals surface area contributed by atoms with Crippen LogP contribution in [0.15, 0.2) is 18.5 Å². The summed E-state index contributed by atoms with van der Waals surface area (Å²) in [6, 6.07) is 0. The summed E-state index contributed by atoms with van der Waals surface area (Å²) >= 11 is 0. The predicted octanol–water partition coefficient (Wildman–Crippen LogP) is 8.05. The van der Waals surface area contributed by atoms with Crippen LogP contribution in [0.25, 0.3) is 11.2 Å². The van der Waals surface area contributed by atoms with E-state index in [0.717, 1.165) is 70.6 Å². The second kappa shape index (κ2) is 23.0. The molecule has 0 saturated carbocycles. The van der Waals surface area contributed by atoms with E-state index >= 15 is 0 Å². The van der Waals surface area contributed by atoms with Gasteiger partial charge in [0.15, 0.2) is 17.0 Å². The number of esters is 1. The third-order valence-electron chi connectivity index (χ3n) is 7.45. The fourth-order valence-corrected chi connectivity index (χ4v) is 4.77. The number of anilines is 1. The molecule has 2 aromatic rings. The summed E-state index contributed by atoms with van der Waals surface area (Å²) in [5.74, 6) is -1.04. The van der Waals surface area contributed by atoms with Crippen LogP contribution in [0.2, 0.25) is 0 Å². The maximum Gasteiger partial charge on any atom is 0.312 e. The number of nitrogens with zero attached hydrogens (tertiary/aromatic N) is 4. The number of aromatic nitrogens is 4. The number of unbranched alkanes of at least 4 members (excludes halogenated alkanes) is 9. The fourth-order valence-electron chi connectivity index (χ4n) is 4.77. The molecule has 1 amide bonds. The number of ether oxygens (including phenoxy) is 2. The molecule has 1 fully saturated rings. The Hall–Kier alpha value is -3.41. The molecule has 2 aromatic heterocycles. The summed E-state index contributed by atoms with van der Waals surface area (Å²) < 4.78 is 27.2. The molecule has 1 saturated heterocycles. The average molecular weight is 648 g/mol. The second-order valence-corrected chi connectivity index (χ2v) is 11.7. The molecule has 1 aliphatic heterocycles. The molecule has 0 unspecified atom stereocenters. The number of fused-ring (bicyclic) bond motifs is 1. The van der Waals surface area contributed by atoms with Crippen LogP contribution >= 0.6 is 0 Å². The number of nitrogens with one attached hydrogen (secondary N) is 1. The molecular weight excluding hydrogens is 593 g/mol. The summed E-state index contributed by atoms with van der Waals surface area (Å²) in [6.07, 6.45) is 20.1. The Morgan fingerprint density at radius 2 is 1.52 bits per heavy atom. The number of hydrogen-bond donors (Lipinski definition) is 2. The number of carboxylic acid groups (broad SMARTS) is 1. The smallest absolute Gasteiger partial charge is 0.312 e. The van der Waals surface area contributed by atoms with Gasteiger partial charge in [0.1, 0.15) is 12.8 Å². The zero-order chi connectivity index (χ0) is 33.6. The van der Waals surface area contributed by atoms with Gasteiger partial charge < -0.3 is 19.9 Å². The second-order valence-electron chi connectivity index (χ2n) is 11.7. The molecule has 0 radical (unpaired) electrons. The maximum absolute atomic E-state index is 14.2. The average Bonchev–Trinajstić information content (AvgIpc) is 3.74. The van der Waals surface area contributed by atoms with Crippen molar-refractivity contribution < 1.29 is 33.4 Å². The molecule has 0 spiro atoms. The van der Waals surface area contributed by atoms with Crippen molar-refractivity contribution in [1.29, 1.82) is 0 Å². The third kappa shape index (κ3) is 16.2. The van der Waals surface area contributed by atoms with Gasteiger partial charge in [0.05, 0.1) is 12.4 Å². The van der Waals surface area contributed by atoms with Gasteiger partial charge in [-0.1, -0.05) is 90.7 Å². The minimum Gasteiger partial charge on any atom is -0.481 e. The van der Waals surface area contributed by atoms with Crippen molar-refractivity contribution in [1.82, 2.24) is 19.5 Å². The Kier molecular flexibility index (Phi) is 19.4. The van der Waals surface area contributed by atoms with Gasteiger partial charge in [-0.25, -0.2) is 4.98 Å². The summed E-state index contributed by atoms with van der Waals surface area (Å²) in [7, 11) is 0. The highest BCUT2D eigenvalue weighted by atomic mass is 19.1. The summed E-state index contributed by atoms with van der Waals surface area (Å²) in [5, 5.41) is 10.9. The van der Waals surface area contributed by atoms with Crippen LogP contribution in [0, 0.1) is 6.08 Å². The number of rotatable bonds is 19. The number of hydrogen-bond acceptors (Lipinski definition) is 8. The van der Waals surface area contributed by atoms with E-state index in [-0.39, 0.29) is 36.1 Å². The number of imidazole rings is 1. The van der Waals surface area contributed by atoms with Crippen LogP contribution in [0.4, 0.5) is 10.2 Å². The normalized spacial score (nSPS) is 16.3. The number of allylic oxidation sites excluding steroid dienone is 2. The molecule has 1 aliphatic carbocycles. The lowest BCUT2D eigenvalue weighted by Gasteiger charge is -2.15. The lowest BCUT2D eigenvalue weighted by Crippen LogP contribution is -2.19. The Morgan fingerprint density at radius 3 is 2.11 bits per heavy atom. The topological polar surface area (TPSA) is 146 Å². The summed E-state index contributed by atoms with van der Waals surface area (Å²) in [5.41, 5.74) is 0.571. The first-order valence-electron chi connectivity index (χ1n) is 17.2. The Morgan fingerprint density at radius 1 is 0.913 bits per heavy atom. The first-order valence-corrected chi connectivity index (χ1v) is 17.2. The molecule has 0 bridgehead atoms. The van der Waals surface area contributed by atoms with E-state index in [0.29, 0.717) is 37.6 Å². The molecule has 46 heavy (non-hydrogen) atoms. The van der Waals surface area contributed by atoms with E-state index in [1.54, 1.807) is 4.57 Å². The summed E-state index contributed by atoms with van der Waals surface area (Å²) in [6.45, 7) is 6.54. The van der Waals surface area contributed by atoms with E-state index in [1.807, 2.05) is 0 Å². The lowest BCUT2D eigenvalue weighted by molar-refractivity contribution is -0.148. The van der Waals surface area contributed by atoms with Gasteiger partial charge in [-0.05, 0) is 38.5 Å². The number of carbonyl (C=O) groups is 3. The van der Waals surface area contributed by atoms with E-state index < -0.39 is 18.3 Å². The SMILES string of the molecule is C1=CC1.CCCCCCC(=O)Nc1nc(F)nc2c1ncn2[C@H]1CC[C@@H](COC(=O)CCCCCC)O1.CCCCCCC(=O)O. The van der Waals surface area contributed by atoms with Crippen LogP contribution in [-0.4, -0.2) is 55.2 Å². The van der Waals surface area contributed by atoms with Gasteiger partial charge in [-0.15, -0.1) is 0 Å². The highest BCUT2D eigenvalue weighted by Crippen LogP contribution is 2.32. The number of carbonyl (C=O) groups excluding carboxylic acids is 2. The van der Waals surface area contributed by atoms with Gasteiger partial charge in [0.25, 0.3) is 0 Å². The van der Waals surface area contributed by atoms with Crippen molar-refractivity contribution in [3.8, 4) is 0 Å². The minimum absolute atomic E-state index is 0.0632. The van der Waals surface area contributed by atoms with Gasteiger partial charge >= 0.3 is 18.0 Å². The molecule has 2 aliphatic rings. The van der Waals surface area contributed by atoms with Crippen molar-refractivity contribution in [3.05, 3.63) is 24.6 Å². The van der Waals surface area contributed by atoms with Crippen molar-refractivity contribution in [3.63, 3.8) is 0 Å². The Labute approximate surface area is 272 Å². The van der Waals surface area contributed by atoms with Gasteiger partial charge in [-0.2, -0.15) is 14.4 Å². The molecule has 11 nitrogen and oxygen atoms in total. The zero-order valence-corrected chi connectivity index (χ0v) is 28.0. The summed E-state index contributed by atoms with van der Waals surface area (Å²) in [4.78, 5) is 46.1. The van der Waals surface area contributed by atoms with E-state index in [4.69, 9.17) is 14.6 Å². The van der Waals surface area contributed by atoms with E-state index in [1.165, 1.54) is 19.2 Å². The molecular formula is C34H54FN5O6. The highest BCUT2D eigenvalue weighted by Gasteiger charge is 2.30. The van der Waals surface area contributed by atoms with Crippen molar-refractivity contribution in [2.24, 2.45) is 0 Å². The van der Waals surface area contributed by atoms with Crippen LogP contribution in [0.3, 0.4) is 0 Å². The van der Waals surface area contributed by atoms with Crippen molar-refractivity contribution >= 4 is 34.8 Å². The molecule has 3 heterocycles. The highest BCUT2D eigenvalue weighted by molar-refractivity contribution is 5.96. The first-order chi connectivity index (χ1) is 22.3. The Balaban J connectivity index is 0.000000515. The number of amides is 1. The first kappa shape index (κ1) is 38.8. The van der Waals surface area contributed by atoms with Crippen LogP contribution < -0.4 is 5.32 Å². The molecule has 2 atom stereocenters. The molecule has 0 aromatic carbocycles. The zero-order valence-electron chi connectivity index (χ0n) is 28.0. The van der Waals surface area contributed by atoms with Gasteiger partial charge in [0, 0.05) is 19.3 Å². The largest absolute Gasteiger partial charge is 0.481 e. The lowest BCUT2D eigenvalue weighted by atomic mass is 10.1. The predicted molar refractivity (Wildman–Crippen MR) is 176 cm³/mol. The number of carboxylic acids is 1. The third-order valence-corrected chi connectivity index (χ3v) is 7.45. The standard InChI is InChI=1S/C24H36FN5O4.C7H14O2.C3H4/c1-3-5-7-9-11-18(31)27-22-21-23(29-24(25)28-22)30(16-26-21)19-14-13-17(34-19)15-33-20(32)12-10-8-6-4-2;1-2-3-4-5-6-7(8)9;1-2-3-1/h16-17,19H,3-15H2,1-2H3,(H,27,28,29,31);2-6H2,1H3,(H,8,9);1-2H,3H2/t17-,19+;;/m0../s1. The van der Waals surface area contributed by atoms with E-state index in [9.17, 15) is 18.8 Å². The van der Waals surface area contributed by atoms with Gasteiger partial charge in [-0.3, -0.25) is 19.0 Å². The van der Waals surface area contributed by atoms with Crippen molar-refractivity contribution in [2.45, 2.75) is 149 Å². The molecule has 4 rings (SSSR count). The molecule has 2 N–H and O–H groups in total. The number of halogens is 1. The van der Waals surface area contributed by atoms with E-state index in [2.05, 4.69) is 53.2 Å². The fraction of sp³-hybridized carbons (Fsp3) is 0.706. The quantitative estimate of drug-likeness (QED) is 0.0669. The molecule has 12 heteroatoms. The van der Waals surface area contributed by atoms with Gasteiger partial charge in [0.2, 0.25) is 5.91 Å². The van der Waals surface area contributed by atoms with Crippen LogP contribution in [0.5, 0.6) is 0 Å². The Bertz CT molecular complexity index is 1220. The monoisotopic (exact) mass is 647 g/mol. The minimum atomic E-state index is -0.943. The van der Waals surface area contributed by atoms with Crippen molar-refractivity contribution in [2.75, 3.05) is 11.9 Å². The van der Waals surface area contributed by atoms with Crippen LogP contribution in [0.1, 0.15) is 143 Å².